The fraction of sp³-hybridized carbons (Fsp3) is 0.600. The molecule has 0 aromatic carbocycles. The van der Waals surface area contributed by atoms with Crippen LogP contribution in [-0.2, 0) is 4.79 Å². The lowest BCUT2D eigenvalue weighted by Crippen LogP contribution is -2.44. The highest BCUT2D eigenvalue weighted by Gasteiger charge is 2.29. The molecule has 0 radical (unpaired) electrons. The predicted molar refractivity (Wildman–Crippen MR) is 60.8 cm³/mol. The Bertz CT molecular complexity index is 307. The highest BCUT2D eigenvalue weighted by Crippen LogP contribution is 2.15. The molecular formula is C10H18FN3O2. The lowest BCUT2D eigenvalue weighted by Gasteiger charge is -2.17. The molecule has 0 aliphatic carbocycles. The molecule has 0 saturated carbocycles. The van der Waals surface area contributed by atoms with Gasteiger partial charge in [-0.25, -0.2) is 4.39 Å². The highest BCUT2D eigenvalue weighted by molar-refractivity contribution is 5.78. The fourth-order valence-electron chi connectivity index (χ4n) is 0.961. The van der Waals surface area contributed by atoms with Crippen LogP contribution in [0.1, 0.15) is 26.7 Å². The van der Waals surface area contributed by atoms with Crippen LogP contribution in [0, 0.1) is 0 Å². The second-order valence-electron chi connectivity index (χ2n) is 3.86. The first kappa shape index (κ1) is 14.6. The number of carboxylic acid groups (broad SMARTS) is 1. The van der Waals surface area contributed by atoms with Gasteiger partial charge in [0, 0.05) is 13.0 Å². The van der Waals surface area contributed by atoms with Crippen molar-refractivity contribution < 1.29 is 14.3 Å². The van der Waals surface area contributed by atoms with Crippen LogP contribution in [0.4, 0.5) is 4.39 Å². The number of hydrogen-bond acceptors (Lipinski definition) is 3. The largest absolute Gasteiger partial charge is 0.480 e. The van der Waals surface area contributed by atoms with E-state index in [2.05, 4.69) is 4.99 Å². The van der Waals surface area contributed by atoms with E-state index in [9.17, 15) is 9.18 Å². The van der Waals surface area contributed by atoms with Gasteiger partial charge in [-0.3, -0.25) is 9.79 Å². The molecule has 0 amide bonds. The molecular weight excluding hydrogens is 213 g/mol. The minimum atomic E-state index is -1.58. The molecule has 0 saturated heterocycles. The molecule has 0 spiro atoms. The van der Waals surface area contributed by atoms with Gasteiger partial charge in [0.15, 0.2) is 0 Å². The summed E-state index contributed by atoms with van der Waals surface area (Å²) in [6.07, 6.45) is 1.32. The molecule has 6 heteroatoms. The quantitative estimate of drug-likeness (QED) is 0.357. The van der Waals surface area contributed by atoms with Crippen molar-refractivity contribution in [3.05, 3.63) is 11.9 Å². The van der Waals surface area contributed by atoms with E-state index in [1.165, 1.54) is 13.0 Å². The van der Waals surface area contributed by atoms with Gasteiger partial charge in [-0.05, 0) is 20.3 Å². The van der Waals surface area contributed by atoms with E-state index in [4.69, 9.17) is 16.6 Å². The van der Waals surface area contributed by atoms with E-state index in [0.29, 0.717) is 18.8 Å². The van der Waals surface area contributed by atoms with Crippen molar-refractivity contribution in [2.75, 3.05) is 6.54 Å². The third-order valence-electron chi connectivity index (χ3n) is 1.88. The summed E-state index contributed by atoms with van der Waals surface area (Å²) in [7, 11) is 0. The van der Waals surface area contributed by atoms with E-state index in [0.717, 1.165) is 0 Å². The topological polar surface area (TPSA) is 102 Å². The Kier molecular flexibility index (Phi) is 5.66. The smallest absolute Gasteiger partial charge is 0.323 e. The summed E-state index contributed by atoms with van der Waals surface area (Å²) in [6.45, 7) is 3.29. The van der Waals surface area contributed by atoms with Gasteiger partial charge in [0.25, 0.3) is 0 Å². The van der Waals surface area contributed by atoms with Crippen molar-refractivity contribution in [3.8, 4) is 0 Å². The maximum absolute atomic E-state index is 13.2. The summed E-state index contributed by atoms with van der Waals surface area (Å²) in [5.41, 5.74) is 9.10. The minimum absolute atomic E-state index is 0.326. The first-order valence-corrected chi connectivity index (χ1v) is 4.89. The average molecular weight is 231 g/mol. The molecule has 1 atom stereocenters. The van der Waals surface area contributed by atoms with Crippen LogP contribution in [0.15, 0.2) is 16.9 Å². The standard InChI is InChI=1S/C10H18FN3O2/c1-7(12)14-5-3-4-8(11)6-10(2,13)9(15)16/h4H,3,5-6,13H2,1-2H3,(H2,12,14)(H,15,16)/b8-4+. The zero-order valence-electron chi connectivity index (χ0n) is 9.53. The monoisotopic (exact) mass is 231 g/mol. The molecule has 0 rings (SSSR count). The van der Waals surface area contributed by atoms with Crippen molar-refractivity contribution in [2.45, 2.75) is 32.2 Å². The molecule has 0 aromatic heterocycles. The van der Waals surface area contributed by atoms with Crippen LogP contribution < -0.4 is 11.5 Å². The van der Waals surface area contributed by atoms with Crippen molar-refractivity contribution in [1.82, 2.24) is 0 Å². The van der Waals surface area contributed by atoms with Crippen molar-refractivity contribution in [1.29, 1.82) is 0 Å². The van der Waals surface area contributed by atoms with E-state index in [1.807, 2.05) is 0 Å². The number of nitrogens with two attached hydrogens (primary N) is 2. The van der Waals surface area contributed by atoms with Crippen LogP contribution in [0.25, 0.3) is 0 Å². The second kappa shape index (κ2) is 6.22. The molecule has 0 aliphatic heterocycles. The summed E-state index contributed by atoms with van der Waals surface area (Å²) in [5.74, 6) is -1.34. The lowest BCUT2D eigenvalue weighted by molar-refractivity contribution is -0.142. The number of hydrogen-bond donors (Lipinski definition) is 3. The molecule has 0 aliphatic rings. The maximum Gasteiger partial charge on any atom is 0.323 e. The summed E-state index contributed by atoms with van der Waals surface area (Å²) >= 11 is 0. The van der Waals surface area contributed by atoms with Crippen LogP contribution in [0.2, 0.25) is 0 Å². The maximum atomic E-state index is 13.2. The Labute approximate surface area is 94.0 Å². The van der Waals surface area contributed by atoms with Crippen molar-refractivity contribution in [2.24, 2.45) is 16.5 Å². The highest BCUT2D eigenvalue weighted by atomic mass is 19.1. The molecule has 16 heavy (non-hydrogen) atoms. The Morgan fingerprint density at radius 3 is 2.62 bits per heavy atom. The summed E-state index contributed by atoms with van der Waals surface area (Å²) < 4.78 is 13.2. The summed E-state index contributed by atoms with van der Waals surface area (Å²) in [6, 6.07) is 0. The van der Waals surface area contributed by atoms with Gasteiger partial charge in [-0.2, -0.15) is 0 Å². The number of aliphatic imine (C=N–C) groups is 1. The van der Waals surface area contributed by atoms with Crippen LogP contribution in [0.3, 0.4) is 0 Å². The van der Waals surface area contributed by atoms with E-state index >= 15 is 0 Å². The molecule has 5 nitrogen and oxygen atoms in total. The molecule has 1 unspecified atom stereocenters. The van der Waals surface area contributed by atoms with Crippen LogP contribution in [0.5, 0.6) is 0 Å². The third kappa shape index (κ3) is 6.13. The molecule has 0 bridgehead atoms. The van der Waals surface area contributed by atoms with Gasteiger partial charge in [0.05, 0.1) is 11.7 Å². The fourth-order valence-corrected chi connectivity index (χ4v) is 0.961. The number of amidine groups is 1. The van der Waals surface area contributed by atoms with Gasteiger partial charge in [-0.15, -0.1) is 0 Å². The summed E-state index contributed by atoms with van der Waals surface area (Å²) in [5, 5.41) is 8.68. The van der Waals surface area contributed by atoms with E-state index in [1.54, 1.807) is 6.92 Å². The van der Waals surface area contributed by atoms with Gasteiger partial charge < -0.3 is 16.6 Å². The van der Waals surface area contributed by atoms with Gasteiger partial charge in [0.1, 0.15) is 5.54 Å². The normalized spacial score (nSPS) is 17.0. The molecule has 5 N–H and O–H groups in total. The van der Waals surface area contributed by atoms with E-state index < -0.39 is 17.3 Å². The number of carbonyl (C=O) groups is 1. The minimum Gasteiger partial charge on any atom is -0.480 e. The number of nitrogens with zero attached hydrogens (tertiary/aromatic N) is 1. The molecule has 92 valence electrons. The van der Waals surface area contributed by atoms with Gasteiger partial charge in [0.2, 0.25) is 0 Å². The van der Waals surface area contributed by atoms with Crippen LogP contribution >= 0.6 is 0 Å². The third-order valence-corrected chi connectivity index (χ3v) is 1.88. The Balaban J connectivity index is 4.16. The van der Waals surface area contributed by atoms with E-state index in [-0.39, 0.29) is 6.42 Å². The summed E-state index contributed by atoms with van der Waals surface area (Å²) in [4.78, 5) is 14.5. The van der Waals surface area contributed by atoms with Gasteiger partial charge >= 0.3 is 5.97 Å². The second-order valence-corrected chi connectivity index (χ2v) is 3.86. The Morgan fingerprint density at radius 1 is 1.62 bits per heavy atom. The number of carboxylic acids is 1. The van der Waals surface area contributed by atoms with Crippen molar-refractivity contribution in [3.63, 3.8) is 0 Å². The Hall–Kier alpha value is -1.43. The lowest BCUT2D eigenvalue weighted by atomic mass is 9.98. The number of rotatable bonds is 6. The van der Waals surface area contributed by atoms with Crippen LogP contribution in [-0.4, -0.2) is 29.0 Å². The molecule has 0 fully saturated rings. The molecule has 0 heterocycles. The van der Waals surface area contributed by atoms with Gasteiger partial charge in [-0.1, -0.05) is 6.08 Å². The number of aliphatic carboxylic acids is 1. The van der Waals surface area contributed by atoms with Crippen molar-refractivity contribution >= 4 is 11.8 Å². The first-order chi connectivity index (χ1) is 7.25. The first-order valence-electron chi connectivity index (χ1n) is 4.89. The Morgan fingerprint density at radius 2 is 2.19 bits per heavy atom. The zero-order chi connectivity index (χ0) is 12.8. The average Bonchev–Trinajstić information content (AvgIpc) is 2.11. The number of halogens is 1. The molecule has 0 aromatic rings. The zero-order valence-corrected chi connectivity index (χ0v) is 9.53. The predicted octanol–water partition coefficient (Wildman–Crippen LogP) is 0.799. The SMILES string of the molecule is CC(N)=NCC/C=C(/F)CC(C)(N)C(=O)O.